The number of benzene rings is 1. The molecular formula is C22H29F3N4O3. The van der Waals surface area contributed by atoms with E-state index in [0.29, 0.717) is 38.3 Å². The monoisotopic (exact) mass is 454 g/mol. The largest absolute Gasteiger partial charge is 0.573 e. The maximum absolute atomic E-state index is 12.3. The van der Waals surface area contributed by atoms with Crippen molar-refractivity contribution in [2.75, 3.05) is 38.7 Å². The molecule has 1 amide bonds. The predicted molar refractivity (Wildman–Crippen MR) is 117 cm³/mol. The molecule has 176 valence electrons. The van der Waals surface area contributed by atoms with Gasteiger partial charge in [-0.3, -0.25) is 9.79 Å². The van der Waals surface area contributed by atoms with Gasteiger partial charge >= 0.3 is 6.36 Å². The molecule has 0 saturated carbocycles. The minimum atomic E-state index is -4.72. The Hall–Kier alpha value is -3.01. The number of ether oxygens (including phenoxy) is 2. The second-order valence-electron chi connectivity index (χ2n) is 6.99. The predicted octanol–water partition coefficient (Wildman–Crippen LogP) is 4.06. The Morgan fingerprint density at radius 3 is 2.56 bits per heavy atom. The van der Waals surface area contributed by atoms with E-state index in [2.05, 4.69) is 20.4 Å². The Labute approximate surface area is 186 Å². The van der Waals surface area contributed by atoms with Crippen LogP contribution in [0.15, 0.2) is 52.8 Å². The van der Waals surface area contributed by atoms with Gasteiger partial charge in [-0.1, -0.05) is 0 Å². The lowest BCUT2D eigenvalue weighted by atomic mass is 10.2. The summed E-state index contributed by atoms with van der Waals surface area (Å²) in [5.74, 6) is 0.412. The molecule has 0 saturated heterocycles. The van der Waals surface area contributed by atoms with E-state index in [9.17, 15) is 18.0 Å². The Bertz CT molecular complexity index is 849. The van der Waals surface area contributed by atoms with Crippen molar-refractivity contribution in [1.82, 2.24) is 10.2 Å². The Balaban J connectivity index is 1.99. The highest BCUT2D eigenvalue weighted by Gasteiger charge is 2.31. The van der Waals surface area contributed by atoms with Gasteiger partial charge in [0.1, 0.15) is 11.6 Å². The average molecular weight is 454 g/mol. The fourth-order valence-corrected chi connectivity index (χ4v) is 3.04. The lowest BCUT2D eigenvalue weighted by molar-refractivity contribution is -0.274. The van der Waals surface area contributed by atoms with Crippen LogP contribution in [0.3, 0.4) is 0 Å². The number of allylic oxidation sites excluding steroid dienone is 1. The van der Waals surface area contributed by atoms with Crippen LogP contribution in [0.1, 0.15) is 26.7 Å². The number of carbonyl (C=O) groups excluding carboxylic acids is 1. The molecule has 0 aliphatic carbocycles. The minimum Gasteiger partial charge on any atom is -0.406 e. The van der Waals surface area contributed by atoms with E-state index in [1.54, 1.807) is 7.11 Å². The number of hydrogen-bond acceptors (Lipinski definition) is 5. The van der Waals surface area contributed by atoms with E-state index in [1.807, 2.05) is 31.0 Å². The normalized spacial score (nSPS) is 16.4. The second-order valence-corrected chi connectivity index (χ2v) is 6.99. The SMILES string of the molecule is CC/N=C1\C(=C(/C)Nc2ccc(OC(F)(F)F)cc2)C=CN1CCC(=O)NCCCOC. The summed E-state index contributed by atoms with van der Waals surface area (Å²) in [6, 6.07) is 5.51. The van der Waals surface area contributed by atoms with Gasteiger partial charge in [-0.15, -0.1) is 13.2 Å². The summed E-state index contributed by atoms with van der Waals surface area (Å²) in [4.78, 5) is 18.5. The number of aliphatic imine (C=N–C) groups is 1. The standard InChI is InChI=1S/C22H29F3N4O3/c1-4-26-21-19(10-13-29(21)14-11-20(30)27-12-5-15-31-3)16(2)28-17-6-8-18(9-7-17)32-22(23,24)25/h6-10,13,28H,4-5,11-12,14-15H2,1-3H3,(H,27,30)/b19-16+,26-21+. The maximum atomic E-state index is 12.3. The Kier molecular flexibility index (Phi) is 9.58. The zero-order valence-electron chi connectivity index (χ0n) is 18.5. The molecule has 1 heterocycles. The first-order chi connectivity index (χ1) is 15.2. The summed E-state index contributed by atoms with van der Waals surface area (Å²) in [6.07, 6.45) is 0.120. The van der Waals surface area contributed by atoms with Gasteiger partial charge in [0.2, 0.25) is 5.91 Å². The first-order valence-electron chi connectivity index (χ1n) is 10.3. The number of amides is 1. The number of nitrogens with one attached hydrogen (secondary N) is 2. The smallest absolute Gasteiger partial charge is 0.406 e. The van der Waals surface area contributed by atoms with Crippen LogP contribution < -0.4 is 15.4 Å². The quantitative estimate of drug-likeness (QED) is 0.493. The van der Waals surface area contributed by atoms with Crippen LogP contribution in [-0.2, 0) is 9.53 Å². The third-order valence-corrected chi connectivity index (χ3v) is 4.49. The van der Waals surface area contributed by atoms with Crippen molar-refractivity contribution in [1.29, 1.82) is 0 Å². The van der Waals surface area contributed by atoms with Crippen LogP contribution >= 0.6 is 0 Å². The highest BCUT2D eigenvalue weighted by molar-refractivity contribution is 6.05. The second kappa shape index (κ2) is 12.1. The molecule has 1 aliphatic heterocycles. The van der Waals surface area contributed by atoms with Gasteiger partial charge in [-0.25, -0.2) is 0 Å². The third-order valence-electron chi connectivity index (χ3n) is 4.49. The molecule has 32 heavy (non-hydrogen) atoms. The fourth-order valence-electron chi connectivity index (χ4n) is 3.04. The number of anilines is 1. The van der Waals surface area contributed by atoms with Crippen molar-refractivity contribution in [2.45, 2.75) is 33.1 Å². The summed E-state index contributed by atoms with van der Waals surface area (Å²) < 4.78 is 45.8. The number of rotatable bonds is 11. The zero-order valence-corrected chi connectivity index (χ0v) is 18.5. The number of halogens is 3. The van der Waals surface area contributed by atoms with Crippen LogP contribution in [0, 0.1) is 0 Å². The van der Waals surface area contributed by atoms with E-state index in [-0.39, 0.29) is 11.7 Å². The van der Waals surface area contributed by atoms with Crippen LogP contribution in [-0.4, -0.2) is 56.4 Å². The molecular weight excluding hydrogens is 425 g/mol. The highest BCUT2D eigenvalue weighted by Crippen LogP contribution is 2.26. The van der Waals surface area contributed by atoms with Gasteiger partial charge in [0.25, 0.3) is 0 Å². The van der Waals surface area contributed by atoms with Crippen LogP contribution in [0.2, 0.25) is 0 Å². The molecule has 10 heteroatoms. The van der Waals surface area contributed by atoms with Gasteiger partial charge in [-0.05, 0) is 50.6 Å². The number of alkyl halides is 3. The van der Waals surface area contributed by atoms with Gasteiger partial charge in [0.15, 0.2) is 0 Å². The average Bonchev–Trinajstić information content (AvgIpc) is 3.13. The van der Waals surface area contributed by atoms with Crippen LogP contribution in [0.5, 0.6) is 5.75 Å². The molecule has 1 aromatic carbocycles. The lowest BCUT2D eigenvalue weighted by Crippen LogP contribution is -2.31. The topological polar surface area (TPSA) is 75.2 Å². The number of hydrogen-bond donors (Lipinski definition) is 2. The molecule has 0 spiro atoms. The Morgan fingerprint density at radius 2 is 1.94 bits per heavy atom. The zero-order chi connectivity index (χ0) is 23.6. The molecule has 0 bridgehead atoms. The van der Waals surface area contributed by atoms with E-state index in [0.717, 1.165) is 23.5 Å². The van der Waals surface area contributed by atoms with E-state index in [1.165, 1.54) is 24.3 Å². The first-order valence-corrected chi connectivity index (χ1v) is 10.3. The summed E-state index contributed by atoms with van der Waals surface area (Å²) in [7, 11) is 1.62. The van der Waals surface area contributed by atoms with Crippen molar-refractivity contribution < 1.29 is 27.4 Å². The van der Waals surface area contributed by atoms with Gasteiger partial charge in [0, 0.05) is 62.9 Å². The van der Waals surface area contributed by atoms with Crippen LogP contribution in [0.4, 0.5) is 18.9 Å². The van der Waals surface area contributed by atoms with E-state index >= 15 is 0 Å². The summed E-state index contributed by atoms with van der Waals surface area (Å²) in [6.45, 7) is 5.99. The summed E-state index contributed by atoms with van der Waals surface area (Å²) >= 11 is 0. The highest BCUT2D eigenvalue weighted by atomic mass is 19.4. The molecule has 0 radical (unpaired) electrons. The van der Waals surface area contributed by atoms with Gasteiger partial charge in [0.05, 0.1) is 0 Å². The van der Waals surface area contributed by atoms with Crippen molar-refractivity contribution in [3.63, 3.8) is 0 Å². The van der Waals surface area contributed by atoms with Crippen molar-refractivity contribution in [3.8, 4) is 5.75 Å². The molecule has 2 rings (SSSR count). The van der Waals surface area contributed by atoms with Crippen molar-refractivity contribution >= 4 is 17.4 Å². The van der Waals surface area contributed by atoms with Gasteiger partial charge in [-0.2, -0.15) is 0 Å². The van der Waals surface area contributed by atoms with Gasteiger partial charge < -0.3 is 25.0 Å². The van der Waals surface area contributed by atoms with Crippen molar-refractivity contribution in [2.24, 2.45) is 4.99 Å². The number of carbonyl (C=O) groups is 1. The molecule has 0 aromatic heterocycles. The molecule has 1 aliphatic rings. The molecule has 0 fully saturated rings. The molecule has 2 N–H and O–H groups in total. The maximum Gasteiger partial charge on any atom is 0.573 e. The first kappa shape index (κ1) is 25.3. The van der Waals surface area contributed by atoms with E-state index in [4.69, 9.17) is 4.74 Å². The van der Waals surface area contributed by atoms with Crippen molar-refractivity contribution in [3.05, 3.63) is 47.8 Å². The third kappa shape index (κ3) is 8.26. The summed E-state index contributed by atoms with van der Waals surface area (Å²) in [5, 5.41) is 6.04. The molecule has 0 unspecified atom stereocenters. The molecule has 1 aromatic rings. The summed E-state index contributed by atoms with van der Waals surface area (Å²) in [5.41, 5.74) is 2.25. The number of nitrogens with zero attached hydrogens (tertiary/aromatic N) is 2. The van der Waals surface area contributed by atoms with Crippen LogP contribution in [0.25, 0.3) is 0 Å². The fraction of sp³-hybridized carbons (Fsp3) is 0.455. The molecule has 0 atom stereocenters. The number of amidine groups is 1. The number of methoxy groups -OCH3 is 1. The van der Waals surface area contributed by atoms with E-state index < -0.39 is 6.36 Å². The minimum absolute atomic E-state index is 0.0428. The lowest BCUT2D eigenvalue weighted by Gasteiger charge is -2.19. The molecule has 7 nitrogen and oxygen atoms in total. The Morgan fingerprint density at radius 1 is 1.22 bits per heavy atom.